The van der Waals surface area contributed by atoms with Gasteiger partial charge in [0.05, 0.1) is 4.90 Å². The number of hydrogen-bond donors (Lipinski definition) is 0. The summed E-state index contributed by atoms with van der Waals surface area (Å²) in [6.07, 6.45) is 18.7. The van der Waals surface area contributed by atoms with Crippen molar-refractivity contribution in [1.82, 2.24) is 0 Å². The van der Waals surface area contributed by atoms with Crippen molar-refractivity contribution < 1.29 is 64.4 Å². The largest absolute Gasteiger partial charge is 1.00 e. The summed E-state index contributed by atoms with van der Waals surface area (Å²) in [6.45, 7) is 9.10. The van der Waals surface area contributed by atoms with E-state index in [0.29, 0.717) is 6.42 Å². The van der Waals surface area contributed by atoms with Crippen molar-refractivity contribution in [3.63, 3.8) is 0 Å². The summed E-state index contributed by atoms with van der Waals surface area (Å²) in [5, 5.41) is 0. The number of aryl methyl sites for hydroxylation is 1. The van der Waals surface area contributed by atoms with Crippen LogP contribution < -0.4 is 51.4 Å². The van der Waals surface area contributed by atoms with E-state index < -0.39 is 10.1 Å². The molecule has 5 heteroatoms. The predicted molar refractivity (Wildman–Crippen MR) is 136 cm³/mol. The Morgan fingerprint density at radius 3 is 1.55 bits per heavy atom. The van der Waals surface area contributed by atoms with Crippen LogP contribution in [0.5, 0.6) is 0 Å². The van der Waals surface area contributed by atoms with Crippen molar-refractivity contribution in [2.75, 3.05) is 0 Å². The first-order valence-corrected chi connectivity index (χ1v) is 14.7. The zero-order chi connectivity index (χ0) is 23.8. The molecule has 0 aliphatic rings. The van der Waals surface area contributed by atoms with E-state index in [0.717, 1.165) is 48.6 Å². The van der Waals surface area contributed by atoms with Crippen LogP contribution in [-0.4, -0.2) is 13.0 Å². The normalized spacial score (nSPS) is 11.8. The third-order valence-corrected chi connectivity index (χ3v) is 7.36. The van der Waals surface area contributed by atoms with Crippen LogP contribution in [0.25, 0.3) is 0 Å². The Labute approximate surface area is 248 Å². The third-order valence-electron chi connectivity index (χ3n) is 6.44. The van der Waals surface area contributed by atoms with E-state index in [1.165, 1.54) is 76.7 Å². The van der Waals surface area contributed by atoms with Crippen molar-refractivity contribution in [1.29, 1.82) is 0 Å². The maximum Gasteiger partial charge on any atom is 1.00 e. The topological polar surface area (TPSA) is 57.2 Å². The van der Waals surface area contributed by atoms with Gasteiger partial charge in [0.2, 0.25) is 0 Å². The molecular formula is C28H49KO3S. The molecule has 0 atom stereocenters. The van der Waals surface area contributed by atoms with Gasteiger partial charge in [-0.15, -0.1) is 0 Å². The van der Waals surface area contributed by atoms with Gasteiger partial charge in [0.1, 0.15) is 10.1 Å². The molecule has 1 aromatic rings. The summed E-state index contributed by atoms with van der Waals surface area (Å²) in [4.78, 5) is 0.0145. The van der Waals surface area contributed by atoms with E-state index in [4.69, 9.17) is 0 Å². The minimum atomic E-state index is -4.42. The molecule has 1 aromatic carbocycles. The zero-order valence-electron chi connectivity index (χ0n) is 22.3. The minimum Gasteiger partial charge on any atom is -0.744 e. The summed E-state index contributed by atoms with van der Waals surface area (Å²) in [5.41, 5.74) is 1.86. The number of rotatable bonds is 19. The molecule has 0 bridgehead atoms. The van der Waals surface area contributed by atoms with Gasteiger partial charge in [0, 0.05) is 0 Å². The van der Waals surface area contributed by atoms with Gasteiger partial charge in [-0.2, -0.15) is 0 Å². The maximum absolute atomic E-state index is 11.8. The molecule has 0 unspecified atom stereocenters. The molecule has 0 aliphatic carbocycles. The molecule has 3 nitrogen and oxygen atoms in total. The van der Waals surface area contributed by atoms with Crippen LogP contribution in [-0.2, 0) is 23.0 Å². The van der Waals surface area contributed by atoms with Gasteiger partial charge >= 0.3 is 51.4 Å². The molecule has 0 fully saturated rings. The van der Waals surface area contributed by atoms with Gasteiger partial charge in [-0.1, -0.05) is 117 Å². The van der Waals surface area contributed by atoms with E-state index >= 15 is 0 Å². The standard InChI is InChI=1S/C28H50O3S.K/c1-24(2)18-13-9-5-7-11-15-20-26-21-17-23-28(32(29,30)31)27(26)22-16-12-8-6-10-14-19-25(3)4;/h17,21,23-25H,5-16,18-20,22H2,1-4H3,(H,29,30,31);/q;+1/p-1. The molecule has 0 saturated heterocycles. The maximum atomic E-state index is 11.8. The molecule has 1 rings (SSSR count). The Morgan fingerprint density at radius 1 is 0.667 bits per heavy atom. The molecule has 0 aromatic heterocycles. The fourth-order valence-electron chi connectivity index (χ4n) is 4.50. The molecule has 0 amide bonds. The number of unbranched alkanes of at least 4 members (excludes halogenated alkanes) is 10. The second kappa shape index (κ2) is 19.9. The van der Waals surface area contributed by atoms with Crippen LogP contribution >= 0.6 is 0 Å². The summed E-state index contributed by atoms with van der Waals surface area (Å²) < 4.78 is 35.5. The minimum absolute atomic E-state index is 0. The van der Waals surface area contributed by atoms with Crippen LogP contribution in [0.15, 0.2) is 23.1 Å². The van der Waals surface area contributed by atoms with E-state index in [9.17, 15) is 13.0 Å². The number of hydrogen-bond acceptors (Lipinski definition) is 3. The van der Waals surface area contributed by atoms with Crippen LogP contribution in [0.4, 0.5) is 0 Å². The van der Waals surface area contributed by atoms with Crippen molar-refractivity contribution in [3.8, 4) is 0 Å². The van der Waals surface area contributed by atoms with Crippen molar-refractivity contribution in [2.45, 2.75) is 135 Å². The Balaban J connectivity index is 0.0000102. The quantitative estimate of drug-likeness (QED) is 0.143. The van der Waals surface area contributed by atoms with Gasteiger partial charge < -0.3 is 4.55 Å². The SMILES string of the molecule is CC(C)CCCCCCCCc1cccc(S(=O)(=O)[O-])c1CCCCCCCCC(C)C.[K+]. The average molecular weight is 505 g/mol. The second-order valence-corrected chi connectivity index (χ2v) is 11.8. The zero-order valence-corrected chi connectivity index (χ0v) is 26.3. The fraction of sp³-hybridized carbons (Fsp3) is 0.786. The molecule has 0 aliphatic heterocycles. The summed E-state index contributed by atoms with van der Waals surface area (Å²) >= 11 is 0. The summed E-state index contributed by atoms with van der Waals surface area (Å²) in [5.74, 6) is 1.58. The van der Waals surface area contributed by atoms with Crippen molar-refractivity contribution >= 4 is 10.1 Å². The van der Waals surface area contributed by atoms with Crippen LogP contribution in [0.3, 0.4) is 0 Å². The first-order chi connectivity index (χ1) is 15.2. The van der Waals surface area contributed by atoms with E-state index in [2.05, 4.69) is 27.7 Å². The molecule has 0 heterocycles. The second-order valence-electron chi connectivity index (χ2n) is 10.5. The van der Waals surface area contributed by atoms with E-state index in [1.807, 2.05) is 6.07 Å². The molecule has 0 radical (unpaired) electrons. The fourth-order valence-corrected chi connectivity index (χ4v) is 5.28. The Kier molecular flexibility index (Phi) is 20.4. The van der Waals surface area contributed by atoms with Gasteiger partial charge in [-0.3, -0.25) is 0 Å². The Bertz CT molecular complexity index is 714. The summed E-state index contributed by atoms with van der Waals surface area (Å²) in [7, 11) is -4.42. The molecule has 0 N–H and O–H groups in total. The van der Waals surface area contributed by atoms with Gasteiger partial charge in [0.15, 0.2) is 0 Å². The summed E-state index contributed by atoms with van der Waals surface area (Å²) in [6, 6.07) is 5.27. The van der Waals surface area contributed by atoms with Gasteiger partial charge in [-0.25, -0.2) is 8.42 Å². The van der Waals surface area contributed by atoms with Crippen molar-refractivity contribution in [3.05, 3.63) is 29.3 Å². The van der Waals surface area contributed by atoms with Gasteiger partial charge in [-0.05, 0) is 54.7 Å². The van der Waals surface area contributed by atoms with Crippen LogP contribution in [0.1, 0.15) is 129 Å². The van der Waals surface area contributed by atoms with E-state index in [-0.39, 0.29) is 56.3 Å². The Morgan fingerprint density at radius 2 is 1.09 bits per heavy atom. The number of benzene rings is 1. The van der Waals surface area contributed by atoms with Crippen LogP contribution in [0.2, 0.25) is 0 Å². The third kappa shape index (κ3) is 17.0. The predicted octanol–water partition coefficient (Wildman–Crippen LogP) is 5.45. The smallest absolute Gasteiger partial charge is 0.744 e. The molecular weight excluding hydrogens is 455 g/mol. The molecule has 186 valence electrons. The average Bonchev–Trinajstić information content (AvgIpc) is 2.71. The monoisotopic (exact) mass is 504 g/mol. The molecule has 0 spiro atoms. The molecule has 33 heavy (non-hydrogen) atoms. The first-order valence-electron chi connectivity index (χ1n) is 13.3. The Hall–Kier alpha value is 0.766. The first kappa shape index (κ1) is 33.8. The van der Waals surface area contributed by atoms with Crippen LogP contribution in [0, 0.1) is 11.8 Å². The van der Waals surface area contributed by atoms with Gasteiger partial charge in [0.25, 0.3) is 0 Å². The van der Waals surface area contributed by atoms with E-state index in [1.54, 1.807) is 6.07 Å². The van der Waals surface area contributed by atoms with Crippen molar-refractivity contribution in [2.24, 2.45) is 11.8 Å². The molecule has 0 saturated carbocycles.